The molecule has 3 heterocycles. The average Bonchev–Trinajstić information content (AvgIpc) is 2.92. The molecule has 2 aromatic rings. The summed E-state index contributed by atoms with van der Waals surface area (Å²) in [6.45, 7) is 10.8. The maximum absolute atomic E-state index is 5.96. The Hall–Kier alpha value is -0.673. The summed E-state index contributed by atoms with van der Waals surface area (Å²) < 4.78 is 9.23. The first-order chi connectivity index (χ1) is 12.9. The molecule has 5 nitrogen and oxygen atoms in total. The van der Waals surface area contributed by atoms with Crippen molar-refractivity contribution in [1.82, 2.24) is 14.5 Å². The largest absolute Gasteiger partial charge is 0.361 e. The molecule has 1 saturated carbocycles. The topological polar surface area (TPSA) is 43.2 Å². The molecule has 2 aliphatic rings. The van der Waals surface area contributed by atoms with Crippen LogP contribution in [0.25, 0.3) is 11.2 Å². The van der Waals surface area contributed by atoms with Gasteiger partial charge in [0.2, 0.25) is 0 Å². The van der Waals surface area contributed by atoms with Crippen LogP contribution in [0.4, 0.5) is 5.82 Å². The highest BCUT2D eigenvalue weighted by atomic mass is 127. The number of halogens is 1. The molecule has 4 rings (SSSR count). The Balaban J connectivity index is 1.46. The molecule has 0 N–H and O–H groups in total. The number of hydrogen-bond acceptors (Lipinski definition) is 4. The smallest absolute Gasteiger partial charge is 0.164 e. The van der Waals surface area contributed by atoms with Gasteiger partial charge in [0.15, 0.2) is 5.65 Å². The summed E-state index contributed by atoms with van der Waals surface area (Å²) in [4.78, 5) is 12.1. The highest BCUT2D eigenvalue weighted by Crippen LogP contribution is 2.49. The first-order valence-corrected chi connectivity index (χ1v) is 15.0. The van der Waals surface area contributed by atoms with E-state index >= 15 is 0 Å². The highest BCUT2D eigenvalue weighted by molar-refractivity contribution is 14.1. The number of anilines is 1. The minimum Gasteiger partial charge on any atom is -0.361 e. The predicted octanol–water partition coefficient (Wildman–Crippen LogP) is 5.12. The van der Waals surface area contributed by atoms with E-state index in [2.05, 4.69) is 57.9 Å². The lowest BCUT2D eigenvalue weighted by Crippen LogP contribution is -2.43. The van der Waals surface area contributed by atoms with E-state index in [1.807, 2.05) is 6.20 Å². The van der Waals surface area contributed by atoms with Crippen molar-refractivity contribution in [3.05, 3.63) is 16.0 Å². The number of fused-ring (bicyclic) bond motifs is 1. The molecular weight excluding hydrogens is 467 g/mol. The Kier molecular flexibility index (Phi) is 5.55. The molecule has 0 amide bonds. The van der Waals surface area contributed by atoms with Crippen molar-refractivity contribution in [3.8, 4) is 0 Å². The molecule has 0 bridgehead atoms. The lowest BCUT2D eigenvalue weighted by atomic mass is 9.63. The summed E-state index contributed by atoms with van der Waals surface area (Å²) in [6.07, 6.45) is 11.0. The molecular formula is C20H31IN4OSi. The fourth-order valence-corrected chi connectivity index (χ4v) is 5.65. The van der Waals surface area contributed by atoms with E-state index in [4.69, 9.17) is 14.7 Å². The second-order valence-corrected chi connectivity index (χ2v) is 16.3. The van der Waals surface area contributed by atoms with Gasteiger partial charge in [0, 0.05) is 34.0 Å². The Labute approximate surface area is 177 Å². The zero-order valence-electron chi connectivity index (χ0n) is 16.8. The van der Waals surface area contributed by atoms with Gasteiger partial charge in [-0.1, -0.05) is 26.1 Å². The normalized spacial score (nSPS) is 19.6. The summed E-state index contributed by atoms with van der Waals surface area (Å²) in [5, 5.41) is 0. The third-order valence-electron chi connectivity index (χ3n) is 6.30. The van der Waals surface area contributed by atoms with Gasteiger partial charge in [0.1, 0.15) is 18.1 Å². The molecule has 2 fully saturated rings. The van der Waals surface area contributed by atoms with Gasteiger partial charge in [0.25, 0.3) is 0 Å². The van der Waals surface area contributed by atoms with Crippen LogP contribution in [0.2, 0.25) is 25.7 Å². The van der Waals surface area contributed by atoms with Crippen LogP contribution in [-0.2, 0) is 11.5 Å². The Morgan fingerprint density at radius 1 is 1.19 bits per heavy atom. The molecule has 1 saturated heterocycles. The first-order valence-electron chi connectivity index (χ1n) is 10.2. The van der Waals surface area contributed by atoms with E-state index in [0.717, 1.165) is 40.2 Å². The third-order valence-corrected chi connectivity index (χ3v) is 8.79. The van der Waals surface area contributed by atoms with Crippen LogP contribution in [0.1, 0.15) is 32.1 Å². The SMILES string of the molecule is C[Si](C)(C)CCOCn1cc(I)c2ncc(N3CCC4(CCC4)CC3)nc21. The molecule has 7 heteroatoms. The summed E-state index contributed by atoms with van der Waals surface area (Å²) >= 11 is 2.35. The maximum atomic E-state index is 5.96. The van der Waals surface area contributed by atoms with E-state index in [1.54, 1.807) is 0 Å². The van der Waals surface area contributed by atoms with Gasteiger partial charge in [0.05, 0.1) is 9.77 Å². The number of hydrogen-bond donors (Lipinski definition) is 0. The molecule has 27 heavy (non-hydrogen) atoms. The van der Waals surface area contributed by atoms with Crippen LogP contribution < -0.4 is 4.90 Å². The van der Waals surface area contributed by atoms with Crippen LogP contribution >= 0.6 is 22.6 Å². The second kappa shape index (κ2) is 7.63. The average molecular weight is 498 g/mol. The molecule has 1 aliphatic heterocycles. The molecule has 0 radical (unpaired) electrons. The van der Waals surface area contributed by atoms with Crippen molar-refractivity contribution >= 4 is 47.6 Å². The second-order valence-electron chi connectivity index (χ2n) is 9.54. The van der Waals surface area contributed by atoms with Crippen LogP contribution in [0.5, 0.6) is 0 Å². The number of ether oxygens (including phenoxy) is 1. The fraction of sp³-hybridized carbons (Fsp3) is 0.700. The maximum Gasteiger partial charge on any atom is 0.164 e. The lowest BCUT2D eigenvalue weighted by molar-refractivity contribution is 0.0897. The number of nitrogens with zero attached hydrogens (tertiary/aromatic N) is 4. The van der Waals surface area contributed by atoms with Crippen LogP contribution in [0.15, 0.2) is 12.4 Å². The minimum atomic E-state index is -1.06. The van der Waals surface area contributed by atoms with Gasteiger partial charge in [-0.3, -0.25) is 0 Å². The van der Waals surface area contributed by atoms with Crippen molar-refractivity contribution in [3.63, 3.8) is 0 Å². The standard InChI is InChI=1S/C20H31IN4OSi/c1-27(2,3)12-11-26-15-25-14-16(21)18-19(25)23-17(13-22-18)24-9-7-20(8-10-24)5-4-6-20/h13-14H,4-12,15H2,1-3H3. The molecule has 0 aromatic carbocycles. The van der Waals surface area contributed by atoms with E-state index in [0.29, 0.717) is 12.1 Å². The van der Waals surface area contributed by atoms with Gasteiger partial charge in [-0.05, 0) is 59.7 Å². The van der Waals surface area contributed by atoms with E-state index in [-0.39, 0.29) is 0 Å². The van der Waals surface area contributed by atoms with Crippen molar-refractivity contribution in [1.29, 1.82) is 0 Å². The number of aromatic nitrogens is 3. The third kappa shape index (κ3) is 4.34. The summed E-state index contributed by atoms with van der Waals surface area (Å²) in [5.74, 6) is 1.02. The molecule has 0 atom stereocenters. The monoisotopic (exact) mass is 498 g/mol. The van der Waals surface area contributed by atoms with Gasteiger partial charge in [-0.15, -0.1) is 0 Å². The quantitative estimate of drug-likeness (QED) is 0.315. The van der Waals surface area contributed by atoms with E-state index in [1.165, 1.54) is 38.1 Å². The van der Waals surface area contributed by atoms with Gasteiger partial charge >= 0.3 is 0 Å². The zero-order chi connectivity index (χ0) is 19.1. The highest BCUT2D eigenvalue weighted by Gasteiger charge is 2.39. The minimum absolute atomic E-state index is 0.561. The van der Waals surface area contributed by atoms with Crippen molar-refractivity contribution < 1.29 is 4.74 Å². The van der Waals surface area contributed by atoms with Gasteiger partial charge < -0.3 is 14.2 Å². The molecule has 0 unspecified atom stereocenters. The van der Waals surface area contributed by atoms with Crippen molar-refractivity contribution in [2.75, 3.05) is 24.6 Å². The zero-order valence-corrected chi connectivity index (χ0v) is 20.0. The number of rotatable bonds is 6. The summed E-state index contributed by atoms with van der Waals surface area (Å²) in [5.41, 5.74) is 2.60. The molecule has 2 aromatic heterocycles. The first kappa shape index (κ1) is 19.6. The van der Waals surface area contributed by atoms with E-state index < -0.39 is 8.07 Å². The van der Waals surface area contributed by atoms with Crippen LogP contribution in [0.3, 0.4) is 0 Å². The summed E-state index contributed by atoms with van der Waals surface area (Å²) in [6, 6.07) is 1.19. The van der Waals surface area contributed by atoms with Crippen LogP contribution in [0, 0.1) is 8.99 Å². The predicted molar refractivity (Wildman–Crippen MR) is 122 cm³/mol. The Morgan fingerprint density at radius 2 is 1.93 bits per heavy atom. The fourth-order valence-electron chi connectivity index (χ4n) is 4.18. The van der Waals surface area contributed by atoms with Crippen molar-refractivity contribution in [2.45, 2.75) is 64.5 Å². The van der Waals surface area contributed by atoms with Gasteiger partial charge in [-0.2, -0.15) is 0 Å². The van der Waals surface area contributed by atoms with E-state index in [9.17, 15) is 0 Å². The number of piperidine rings is 1. The van der Waals surface area contributed by atoms with Crippen molar-refractivity contribution in [2.24, 2.45) is 5.41 Å². The summed E-state index contributed by atoms with van der Waals surface area (Å²) in [7, 11) is -1.06. The molecule has 148 valence electrons. The molecule has 1 aliphatic carbocycles. The lowest BCUT2D eigenvalue weighted by Gasteiger charge is -2.48. The van der Waals surface area contributed by atoms with Gasteiger partial charge in [-0.25, -0.2) is 9.97 Å². The molecule has 1 spiro atoms. The Bertz CT molecular complexity index is 802. The van der Waals surface area contributed by atoms with Crippen LogP contribution in [-0.4, -0.2) is 42.3 Å². The Morgan fingerprint density at radius 3 is 2.56 bits per heavy atom.